The van der Waals surface area contributed by atoms with Gasteiger partial charge < -0.3 is 5.32 Å². The standard InChI is InChI=1S/C17H24N4O2S2/c1-9(2)7-12-20-21-16(25-12)19-14(22)13-10(3)8-11(24-13)18-15(23)17(4,5)6/h8-9H,7H2,1-6H3,(H,18,23)(H,19,21,22). The summed E-state index contributed by atoms with van der Waals surface area (Å²) >= 11 is 2.65. The number of carbonyl (C=O) groups excluding carboxylic acids is 2. The Labute approximate surface area is 156 Å². The summed E-state index contributed by atoms with van der Waals surface area (Å²) in [5, 5.41) is 15.8. The Balaban J connectivity index is 2.07. The smallest absolute Gasteiger partial charge is 0.267 e. The van der Waals surface area contributed by atoms with Crippen LogP contribution in [0.15, 0.2) is 6.07 Å². The number of nitrogens with one attached hydrogen (secondary N) is 2. The number of anilines is 2. The van der Waals surface area contributed by atoms with E-state index in [4.69, 9.17) is 0 Å². The number of aromatic nitrogens is 2. The van der Waals surface area contributed by atoms with Gasteiger partial charge in [0.15, 0.2) is 0 Å². The Kier molecular flexibility index (Phi) is 5.95. The lowest BCUT2D eigenvalue weighted by Gasteiger charge is -2.16. The number of amides is 2. The highest BCUT2D eigenvalue weighted by Gasteiger charge is 2.23. The lowest BCUT2D eigenvalue weighted by atomic mass is 9.96. The van der Waals surface area contributed by atoms with Gasteiger partial charge in [0, 0.05) is 11.8 Å². The monoisotopic (exact) mass is 380 g/mol. The third kappa shape index (κ3) is 5.34. The molecule has 6 nitrogen and oxygen atoms in total. The third-order valence-corrected chi connectivity index (χ3v) is 5.32. The van der Waals surface area contributed by atoms with Crippen LogP contribution in [0.5, 0.6) is 0 Å². The number of rotatable bonds is 5. The second-order valence-electron chi connectivity index (χ2n) is 7.38. The lowest BCUT2D eigenvalue weighted by molar-refractivity contribution is -0.123. The molecule has 25 heavy (non-hydrogen) atoms. The molecule has 2 heterocycles. The molecule has 0 saturated carbocycles. The largest absolute Gasteiger partial charge is 0.317 e. The third-order valence-electron chi connectivity index (χ3n) is 3.31. The molecule has 0 unspecified atom stereocenters. The Morgan fingerprint density at radius 1 is 1.16 bits per heavy atom. The molecule has 0 aliphatic carbocycles. The van der Waals surface area contributed by atoms with Crippen molar-refractivity contribution in [3.63, 3.8) is 0 Å². The number of nitrogens with zero attached hydrogens (tertiary/aromatic N) is 2. The number of hydrogen-bond donors (Lipinski definition) is 2. The van der Waals surface area contributed by atoms with E-state index in [2.05, 4.69) is 34.7 Å². The fraction of sp³-hybridized carbons (Fsp3) is 0.529. The molecule has 0 aromatic carbocycles. The summed E-state index contributed by atoms with van der Waals surface area (Å²) in [6, 6.07) is 1.81. The van der Waals surface area contributed by atoms with Gasteiger partial charge in [-0.3, -0.25) is 14.9 Å². The molecule has 0 spiro atoms. The van der Waals surface area contributed by atoms with Gasteiger partial charge in [-0.2, -0.15) is 0 Å². The number of hydrogen-bond acceptors (Lipinski definition) is 6. The zero-order valence-electron chi connectivity index (χ0n) is 15.4. The van der Waals surface area contributed by atoms with E-state index in [1.807, 2.05) is 33.8 Å². The average Bonchev–Trinajstić information content (AvgIpc) is 3.03. The Morgan fingerprint density at radius 2 is 1.84 bits per heavy atom. The van der Waals surface area contributed by atoms with Crippen molar-refractivity contribution in [1.29, 1.82) is 0 Å². The van der Waals surface area contributed by atoms with E-state index in [0.717, 1.165) is 17.0 Å². The minimum atomic E-state index is -0.486. The second-order valence-corrected chi connectivity index (χ2v) is 9.49. The van der Waals surface area contributed by atoms with E-state index in [1.54, 1.807) is 0 Å². The van der Waals surface area contributed by atoms with Crippen molar-refractivity contribution in [2.24, 2.45) is 11.3 Å². The van der Waals surface area contributed by atoms with Crippen LogP contribution in [0.3, 0.4) is 0 Å². The van der Waals surface area contributed by atoms with Crippen LogP contribution in [0, 0.1) is 18.3 Å². The number of aryl methyl sites for hydroxylation is 1. The van der Waals surface area contributed by atoms with Crippen LogP contribution in [-0.2, 0) is 11.2 Å². The first-order valence-electron chi connectivity index (χ1n) is 8.12. The summed E-state index contributed by atoms with van der Waals surface area (Å²) in [6.07, 6.45) is 0.842. The molecule has 2 aromatic heterocycles. The van der Waals surface area contributed by atoms with Crippen LogP contribution < -0.4 is 10.6 Å². The Bertz CT molecular complexity index is 772. The summed E-state index contributed by atoms with van der Waals surface area (Å²) < 4.78 is 0. The van der Waals surface area contributed by atoms with Gasteiger partial charge >= 0.3 is 0 Å². The van der Waals surface area contributed by atoms with Crippen molar-refractivity contribution in [1.82, 2.24) is 10.2 Å². The van der Waals surface area contributed by atoms with Crippen molar-refractivity contribution in [3.05, 3.63) is 21.5 Å². The fourth-order valence-corrected chi connectivity index (χ4v) is 3.87. The van der Waals surface area contributed by atoms with Gasteiger partial charge in [0.2, 0.25) is 11.0 Å². The molecule has 0 aliphatic rings. The van der Waals surface area contributed by atoms with Gasteiger partial charge in [0.05, 0.1) is 9.88 Å². The van der Waals surface area contributed by atoms with E-state index in [9.17, 15) is 9.59 Å². The minimum Gasteiger partial charge on any atom is -0.317 e. The van der Waals surface area contributed by atoms with E-state index in [1.165, 1.54) is 22.7 Å². The molecule has 2 rings (SSSR count). The summed E-state index contributed by atoms with van der Waals surface area (Å²) in [5.74, 6) is 0.180. The molecule has 0 saturated heterocycles. The topological polar surface area (TPSA) is 84.0 Å². The predicted molar refractivity (Wildman–Crippen MR) is 104 cm³/mol. The molecule has 8 heteroatoms. The van der Waals surface area contributed by atoms with Crippen LogP contribution in [0.25, 0.3) is 0 Å². The molecule has 0 aliphatic heterocycles. The van der Waals surface area contributed by atoms with E-state index >= 15 is 0 Å². The first-order chi connectivity index (χ1) is 11.6. The van der Waals surface area contributed by atoms with E-state index < -0.39 is 5.41 Å². The van der Waals surface area contributed by atoms with Crippen molar-refractivity contribution in [3.8, 4) is 0 Å². The van der Waals surface area contributed by atoms with Gasteiger partial charge in [-0.25, -0.2) is 0 Å². The Hall–Kier alpha value is -1.80. The van der Waals surface area contributed by atoms with Gasteiger partial charge in [0.1, 0.15) is 5.01 Å². The maximum absolute atomic E-state index is 12.5. The fourth-order valence-electron chi connectivity index (χ4n) is 1.96. The molecule has 0 radical (unpaired) electrons. The van der Waals surface area contributed by atoms with Crippen molar-refractivity contribution >= 4 is 44.6 Å². The lowest BCUT2D eigenvalue weighted by Crippen LogP contribution is -2.27. The van der Waals surface area contributed by atoms with Gasteiger partial charge in [-0.05, 0) is 24.5 Å². The molecule has 0 fully saturated rings. The quantitative estimate of drug-likeness (QED) is 0.808. The highest BCUT2D eigenvalue weighted by atomic mass is 32.1. The Morgan fingerprint density at radius 3 is 2.44 bits per heavy atom. The van der Waals surface area contributed by atoms with Crippen molar-refractivity contribution in [2.75, 3.05) is 10.6 Å². The number of thiophene rings is 1. The molecular weight excluding hydrogens is 356 g/mol. The van der Waals surface area contributed by atoms with Crippen LogP contribution in [0.1, 0.15) is 54.9 Å². The van der Waals surface area contributed by atoms with Crippen LogP contribution in [0.4, 0.5) is 10.1 Å². The van der Waals surface area contributed by atoms with Crippen molar-refractivity contribution < 1.29 is 9.59 Å². The van der Waals surface area contributed by atoms with Gasteiger partial charge in [0.25, 0.3) is 5.91 Å². The minimum absolute atomic E-state index is 0.0804. The summed E-state index contributed by atoms with van der Waals surface area (Å²) in [5.41, 5.74) is 0.332. The summed E-state index contributed by atoms with van der Waals surface area (Å²) in [6.45, 7) is 11.6. The molecule has 136 valence electrons. The van der Waals surface area contributed by atoms with E-state index in [-0.39, 0.29) is 11.8 Å². The normalized spacial score (nSPS) is 11.6. The predicted octanol–water partition coefficient (Wildman–Crippen LogP) is 4.34. The molecular formula is C17H24N4O2S2. The molecule has 2 amide bonds. The second kappa shape index (κ2) is 7.61. The molecule has 0 atom stereocenters. The van der Waals surface area contributed by atoms with Crippen LogP contribution in [-0.4, -0.2) is 22.0 Å². The number of carbonyl (C=O) groups is 2. The summed E-state index contributed by atoms with van der Waals surface area (Å²) in [4.78, 5) is 25.1. The highest BCUT2D eigenvalue weighted by molar-refractivity contribution is 7.18. The average molecular weight is 381 g/mol. The highest BCUT2D eigenvalue weighted by Crippen LogP contribution is 2.29. The summed E-state index contributed by atoms with van der Waals surface area (Å²) in [7, 11) is 0. The van der Waals surface area contributed by atoms with Crippen molar-refractivity contribution in [2.45, 2.75) is 48.0 Å². The maximum Gasteiger partial charge on any atom is 0.267 e. The molecule has 2 aromatic rings. The SMILES string of the molecule is Cc1cc(NC(=O)C(C)(C)C)sc1C(=O)Nc1nnc(CC(C)C)s1. The first kappa shape index (κ1) is 19.5. The van der Waals surface area contributed by atoms with E-state index in [0.29, 0.717) is 20.9 Å². The zero-order chi connectivity index (χ0) is 18.8. The molecule has 0 bridgehead atoms. The van der Waals surface area contributed by atoms with Crippen LogP contribution in [0.2, 0.25) is 0 Å². The first-order valence-corrected chi connectivity index (χ1v) is 9.75. The zero-order valence-corrected chi connectivity index (χ0v) is 17.0. The van der Waals surface area contributed by atoms with Gasteiger partial charge in [-0.15, -0.1) is 21.5 Å². The van der Waals surface area contributed by atoms with Crippen LogP contribution >= 0.6 is 22.7 Å². The molecule has 2 N–H and O–H groups in total. The van der Waals surface area contributed by atoms with Gasteiger partial charge in [-0.1, -0.05) is 46.0 Å². The maximum atomic E-state index is 12.5.